The van der Waals surface area contributed by atoms with Gasteiger partial charge in [0, 0.05) is 25.7 Å². The largest absolute Gasteiger partial charge is 0.500 e. The van der Waals surface area contributed by atoms with Gasteiger partial charge < -0.3 is 4.74 Å². The Kier molecular flexibility index (Phi) is 7.73. The molecule has 0 saturated carbocycles. The molecule has 2 atom stereocenters. The molecule has 0 saturated heterocycles. The minimum atomic E-state index is -0.0126. The highest BCUT2D eigenvalue weighted by Crippen LogP contribution is 2.27. The predicted molar refractivity (Wildman–Crippen MR) is 128 cm³/mol. The quantitative estimate of drug-likeness (QED) is 0.454. The molecule has 0 unspecified atom stereocenters. The fourth-order valence-corrected chi connectivity index (χ4v) is 4.33. The highest BCUT2D eigenvalue weighted by atomic mass is 16.7. The fraction of sp³-hybridized carbons (Fsp3) is 0.286. The van der Waals surface area contributed by atoms with Gasteiger partial charge in [-0.15, -0.1) is 0 Å². The summed E-state index contributed by atoms with van der Waals surface area (Å²) in [5, 5.41) is 2.09. The first-order valence-electron chi connectivity index (χ1n) is 11.2. The monoisotopic (exact) mass is 428 g/mol. The summed E-state index contributed by atoms with van der Waals surface area (Å²) < 4.78 is 5.86. The number of hydroxylamine groups is 2. The van der Waals surface area contributed by atoms with Crippen molar-refractivity contribution >= 4 is 0 Å². The molecule has 0 spiro atoms. The first-order chi connectivity index (χ1) is 15.7. The van der Waals surface area contributed by atoms with Crippen LogP contribution in [0, 0.1) is 0 Å². The molecule has 0 radical (unpaired) electrons. The van der Waals surface area contributed by atoms with Crippen molar-refractivity contribution in [3.8, 4) is 0 Å². The number of nitrogens with zero attached hydrogens (tertiary/aromatic N) is 2. The number of rotatable bonds is 9. The van der Waals surface area contributed by atoms with E-state index in [4.69, 9.17) is 9.57 Å². The van der Waals surface area contributed by atoms with E-state index in [1.165, 1.54) is 16.7 Å². The average molecular weight is 429 g/mol. The number of methoxy groups -OCH3 is 1. The van der Waals surface area contributed by atoms with Gasteiger partial charge in [-0.25, -0.2) is 0 Å². The van der Waals surface area contributed by atoms with Crippen molar-refractivity contribution in [2.45, 2.75) is 38.6 Å². The maximum Gasteiger partial charge on any atom is 0.115 e. The van der Waals surface area contributed by atoms with E-state index < -0.39 is 0 Å². The first-order valence-corrected chi connectivity index (χ1v) is 11.2. The smallest absolute Gasteiger partial charge is 0.115 e. The zero-order chi connectivity index (χ0) is 22.2. The van der Waals surface area contributed by atoms with Crippen LogP contribution in [-0.4, -0.2) is 35.8 Å². The third kappa shape index (κ3) is 5.65. The van der Waals surface area contributed by atoms with Crippen molar-refractivity contribution < 1.29 is 9.57 Å². The molecule has 1 aliphatic heterocycles. The molecule has 1 heterocycles. The molecule has 3 aromatic rings. The van der Waals surface area contributed by atoms with Crippen LogP contribution in [0.3, 0.4) is 0 Å². The third-order valence-corrected chi connectivity index (χ3v) is 6.03. The van der Waals surface area contributed by atoms with Gasteiger partial charge in [0.1, 0.15) is 11.8 Å². The van der Waals surface area contributed by atoms with Crippen LogP contribution in [0.2, 0.25) is 0 Å². The fourth-order valence-electron chi connectivity index (χ4n) is 4.33. The summed E-state index contributed by atoms with van der Waals surface area (Å²) >= 11 is 0. The standard InChI is InChI=1S/C28H32N2O2/c1-23(28-27(31-2)18-19-32-30(28)22-26-16-10-5-11-17-26)29(20-24-12-6-3-7-13-24)21-25-14-8-4-9-15-25/h3-18,23,28H,19-22H2,1-2H3/t23-,28-/m0/s1. The zero-order valence-corrected chi connectivity index (χ0v) is 18.9. The molecule has 4 heteroatoms. The van der Waals surface area contributed by atoms with Crippen LogP contribution in [0.25, 0.3) is 0 Å². The van der Waals surface area contributed by atoms with Crippen LogP contribution >= 0.6 is 0 Å². The Morgan fingerprint density at radius 2 is 1.34 bits per heavy atom. The minimum Gasteiger partial charge on any atom is -0.500 e. The van der Waals surface area contributed by atoms with E-state index in [2.05, 4.69) is 108 Å². The summed E-state index contributed by atoms with van der Waals surface area (Å²) in [5.41, 5.74) is 3.81. The minimum absolute atomic E-state index is 0.0126. The van der Waals surface area contributed by atoms with E-state index in [-0.39, 0.29) is 12.1 Å². The summed E-state index contributed by atoms with van der Waals surface area (Å²) in [6, 6.07) is 31.9. The lowest BCUT2D eigenvalue weighted by molar-refractivity contribution is -0.206. The molecule has 0 N–H and O–H groups in total. The lowest BCUT2D eigenvalue weighted by Crippen LogP contribution is -2.52. The van der Waals surface area contributed by atoms with E-state index >= 15 is 0 Å². The summed E-state index contributed by atoms with van der Waals surface area (Å²) in [6.07, 6.45) is 2.06. The Bertz CT molecular complexity index is 935. The molecule has 0 aromatic heterocycles. The van der Waals surface area contributed by atoms with Crippen molar-refractivity contribution in [1.29, 1.82) is 0 Å². The number of hydrogen-bond donors (Lipinski definition) is 0. The lowest BCUT2D eigenvalue weighted by atomic mass is 10.0. The van der Waals surface area contributed by atoms with Crippen LogP contribution in [0.4, 0.5) is 0 Å². The molecule has 3 aromatic carbocycles. The van der Waals surface area contributed by atoms with E-state index in [1.807, 2.05) is 6.07 Å². The van der Waals surface area contributed by atoms with E-state index in [0.717, 1.165) is 18.8 Å². The SMILES string of the molecule is COC1=CCON(Cc2ccccc2)[C@H]1[C@H](C)N(Cc1ccccc1)Cc1ccccc1. The van der Waals surface area contributed by atoms with Gasteiger partial charge in [0.05, 0.1) is 13.7 Å². The number of benzene rings is 3. The van der Waals surface area contributed by atoms with Crippen LogP contribution in [-0.2, 0) is 29.2 Å². The molecule has 0 fully saturated rings. The highest BCUT2D eigenvalue weighted by molar-refractivity contribution is 5.20. The van der Waals surface area contributed by atoms with Crippen molar-refractivity contribution in [1.82, 2.24) is 9.96 Å². The molecule has 1 aliphatic rings. The Hall–Kier alpha value is -2.92. The lowest BCUT2D eigenvalue weighted by Gasteiger charge is -2.42. The highest BCUT2D eigenvalue weighted by Gasteiger charge is 2.36. The number of ether oxygens (including phenoxy) is 1. The normalized spacial score (nSPS) is 17.7. The van der Waals surface area contributed by atoms with Crippen LogP contribution in [0.15, 0.2) is 103 Å². The Morgan fingerprint density at radius 1 is 0.844 bits per heavy atom. The van der Waals surface area contributed by atoms with E-state index in [9.17, 15) is 0 Å². The third-order valence-electron chi connectivity index (χ3n) is 6.03. The molecule has 0 amide bonds. The Labute approximate surface area is 191 Å². The molecular formula is C28H32N2O2. The van der Waals surface area contributed by atoms with Gasteiger partial charge in [0.2, 0.25) is 0 Å². The second kappa shape index (κ2) is 11.1. The van der Waals surface area contributed by atoms with Gasteiger partial charge >= 0.3 is 0 Å². The second-order valence-corrected chi connectivity index (χ2v) is 8.23. The Balaban J connectivity index is 1.62. The van der Waals surface area contributed by atoms with Gasteiger partial charge in [-0.3, -0.25) is 9.74 Å². The van der Waals surface area contributed by atoms with Crippen LogP contribution in [0.1, 0.15) is 23.6 Å². The average Bonchev–Trinajstić information content (AvgIpc) is 2.85. The maximum atomic E-state index is 6.15. The molecule has 166 valence electrons. The Morgan fingerprint density at radius 3 is 1.84 bits per heavy atom. The first kappa shape index (κ1) is 22.3. The van der Waals surface area contributed by atoms with Crippen molar-refractivity contribution in [2.75, 3.05) is 13.7 Å². The topological polar surface area (TPSA) is 24.9 Å². The van der Waals surface area contributed by atoms with Crippen molar-refractivity contribution in [3.05, 3.63) is 120 Å². The molecule has 4 nitrogen and oxygen atoms in total. The van der Waals surface area contributed by atoms with E-state index in [0.29, 0.717) is 13.2 Å². The van der Waals surface area contributed by atoms with Gasteiger partial charge in [0.15, 0.2) is 0 Å². The second-order valence-electron chi connectivity index (χ2n) is 8.23. The molecule has 0 bridgehead atoms. The molecular weight excluding hydrogens is 396 g/mol. The van der Waals surface area contributed by atoms with Gasteiger partial charge in [0.25, 0.3) is 0 Å². The zero-order valence-electron chi connectivity index (χ0n) is 18.9. The predicted octanol–water partition coefficient (Wildman–Crippen LogP) is 5.42. The summed E-state index contributed by atoms with van der Waals surface area (Å²) in [5.74, 6) is 0.964. The molecule has 4 rings (SSSR count). The van der Waals surface area contributed by atoms with Gasteiger partial charge in [-0.1, -0.05) is 91.0 Å². The maximum absolute atomic E-state index is 6.15. The summed E-state index contributed by atoms with van der Waals surface area (Å²) in [4.78, 5) is 8.66. The summed E-state index contributed by atoms with van der Waals surface area (Å²) in [6.45, 7) is 5.21. The van der Waals surface area contributed by atoms with Crippen molar-refractivity contribution in [3.63, 3.8) is 0 Å². The molecule has 0 aliphatic carbocycles. The number of hydrogen-bond acceptors (Lipinski definition) is 4. The summed E-state index contributed by atoms with van der Waals surface area (Å²) in [7, 11) is 1.76. The molecule has 32 heavy (non-hydrogen) atoms. The van der Waals surface area contributed by atoms with Gasteiger partial charge in [-0.05, 0) is 29.7 Å². The van der Waals surface area contributed by atoms with Crippen molar-refractivity contribution in [2.24, 2.45) is 0 Å². The van der Waals surface area contributed by atoms with Crippen LogP contribution in [0.5, 0.6) is 0 Å². The van der Waals surface area contributed by atoms with Crippen LogP contribution < -0.4 is 0 Å². The van der Waals surface area contributed by atoms with E-state index in [1.54, 1.807) is 7.11 Å². The van der Waals surface area contributed by atoms with Gasteiger partial charge in [-0.2, -0.15) is 5.06 Å².